The van der Waals surface area contributed by atoms with Gasteiger partial charge in [0.2, 0.25) is 15.9 Å². The molecule has 28 heavy (non-hydrogen) atoms. The molecule has 7 heteroatoms. The molecule has 3 rings (SSSR count). The number of nitrogens with zero attached hydrogens (tertiary/aromatic N) is 2. The number of sulfonamides is 1. The number of carbonyl (C=O) groups excluding carboxylic acids is 1. The molecule has 0 atom stereocenters. The number of fused-ring (bicyclic) bond motifs is 1. The van der Waals surface area contributed by atoms with Crippen LogP contribution in [0.1, 0.15) is 37.8 Å². The highest BCUT2D eigenvalue weighted by atomic mass is 79.9. The topological polar surface area (TPSA) is 57.7 Å². The van der Waals surface area contributed by atoms with E-state index >= 15 is 0 Å². The van der Waals surface area contributed by atoms with E-state index in [2.05, 4.69) is 15.9 Å². The molecule has 0 unspecified atom stereocenters. The molecule has 1 aliphatic rings. The molecule has 0 radical (unpaired) electrons. The Balaban J connectivity index is 2.07. The first-order chi connectivity index (χ1) is 13.3. The lowest BCUT2D eigenvalue weighted by Gasteiger charge is -2.26. The van der Waals surface area contributed by atoms with Crippen molar-refractivity contribution < 1.29 is 13.2 Å². The minimum Gasteiger partial charge on any atom is -0.311 e. The summed E-state index contributed by atoms with van der Waals surface area (Å²) in [4.78, 5) is 13.9. The predicted molar refractivity (Wildman–Crippen MR) is 115 cm³/mol. The number of carbonyl (C=O) groups is 1. The fourth-order valence-electron chi connectivity index (χ4n) is 3.53. The Bertz CT molecular complexity index is 961. The zero-order chi connectivity index (χ0) is 20.3. The molecule has 2 aromatic carbocycles. The first-order valence-corrected chi connectivity index (χ1v) is 11.7. The normalized spacial score (nSPS) is 13.8. The van der Waals surface area contributed by atoms with Crippen molar-refractivity contribution in [2.75, 3.05) is 18.0 Å². The van der Waals surface area contributed by atoms with Gasteiger partial charge < -0.3 is 4.90 Å². The predicted octanol–water partition coefficient (Wildman–Crippen LogP) is 4.35. The number of hydrogen-bond acceptors (Lipinski definition) is 3. The van der Waals surface area contributed by atoms with Crippen LogP contribution < -0.4 is 4.90 Å². The van der Waals surface area contributed by atoms with Crippen LogP contribution in [0.4, 0.5) is 5.69 Å². The fraction of sp³-hybridized carbons (Fsp3) is 0.381. The van der Waals surface area contributed by atoms with Gasteiger partial charge in [-0.05, 0) is 36.1 Å². The van der Waals surface area contributed by atoms with Gasteiger partial charge in [-0.25, -0.2) is 8.42 Å². The van der Waals surface area contributed by atoms with E-state index in [0.29, 0.717) is 36.2 Å². The Kier molecular flexibility index (Phi) is 6.58. The lowest BCUT2D eigenvalue weighted by Crippen LogP contribution is -2.34. The highest BCUT2D eigenvalue weighted by Crippen LogP contribution is 2.39. The Hall–Kier alpha value is -1.70. The average Bonchev–Trinajstić information content (AvgIpc) is 3.09. The van der Waals surface area contributed by atoms with Gasteiger partial charge >= 0.3 is 0 Å². The quantitative estimate of drug-likeness (QED) is 0.611. The first kappa shape index (κ1) is 21.0. The van der Waals surface area contributed by atoms with Gasteiger partial charge in [0.05, 0.1) is 5.69 Å². The zero-order valence-corrected chi connectivity index (χ0v) is 18.6. The van der Waals surface area contributed by atoms with Crippen molar-refractivity contribution in [3.63, 3.8) is 0 Å². The summed E-state index contributed by atoms with van der Waals surface area (Å²) in [6, 6.07) is 13.1. The van der Waals surface area contributed by atoms with Crippen molar-refractivity contribution in [1.29, 1.82) is 0 Å². The van der Waals surface area contributed by atoms with Crippen molar-refractivity contribution in [2.24, 2.45) is 0 Å². The summed E-state index contributed by atoms with van der Waals surface area (Å²) in [5, 5.41) is 0. The molecule has 1 heterocycles. The van der Waals surface area contributed by atoms with Crippen LogP contribution in [0.2, 0.25) is 0 Å². The van der Waals surface area contributed by atoms with E-state index in [0.717, 1.165) is 24.0 Å². The van der Waals surface area contributed by atoms with Gasteiger partial charge in [-0.2, -0.15) is 4.31 Å². The Morgan fingerprint density at radius 1 is 1.21 bits per heavy atom. The lowest BCUT2D eigenvalue weighted by molar-refractivity contribution is -0.116. The molecular formula is C21H25BrN2O3S. The highest BCUT2D eigenvalue weighted by molar-refractivity contribution is 9.10. The molecule has 5 nitrogen and oxygen atoms in total. The van der Waals surface area contributed by atoms with E-state index < -0.39 is 10.0 Å². The van der Waals surface area contributed by atoms with Gasteiger partial charge in [0.1, 0.15) is 4.90 Å². The van der Waals surface area contributed by atoms with E-state index in [1.165, 1.54) is 11.2 Å². The Labute approximate surface area is 175 Å². The second-order valence-corrected chi connectivity index (χ2v) is 9.83. The molecule has 1 aliphatic heterocycles. The van der Waals surface area contributed by atoms with E-state index in [9.17, 15) is 13.2 Å². The summed E-state index contributed by atoms with van der Waals surface area (Å²) >= 11 is 3.45. The lowest BCUT2D eigenvalue weighted by atomic mass is 10.2. The highest BCUT2D eigenvalue weighted by Gasteiger charge is 2.34. The van der Waals surface area contributed by atoms with Crippen LogP contribution >= 0.6 is 15.9 Å². The number of anilines is 1. The molecule has 0 aromatic heterocycles. The van der Waals surface area contributed by atoms with Gasteiger partial charge in [0, 0.05) is 31.0 Å². The maximum Gasteiger partial charge on any atom is 0.245 e. The summed E-state index contributed by atoms with van der Waals surface area (Å²) in [5.41, 5.74) is 2.36. The molecule has 0 N–H and O–H groups in total. The Morgan fingerprint density at radius 2 is 1.93 bits per heavy atom. The summed E-state index contributed by atoms with van der Waals surface area (Å²) in [6.07, 6.45) is 2.33. The Morgan fingerprint density at radius 3 is 2.57 bits per heavy atom. The van der Waals surface area contributed by atoms with E-state index in [-0.39, 0.29) is 10.8 Å². The largest absolute Gasteiger partial charge is 0.311 e. The van der Waals surface area contributed by atoms with Crippen LogP contribution in [0.15, 0.2) is 51.8 Å². The number of hydrogen-bond donors (Lipinski definition) is 0. The van der Waals surface area contributed by atoms with E-state index in [4.69, 9.17) is 0 Å². The van der Waals surface area contributed by atoms with Crippen LogP contribution in [0.5, 0.6) is 0 Å². The van der Waals surface area contributed by atoms with Crippen LogP contribution in [-0.2, 0) is 27.8 Å². The third-order valence-corrected chi connectivity index (χ3v) is 7.27. The molecule has 1 amide bonds. The van der Waals surface area contributed by atoms with Crippen molar-refractivity contribution in [1.82, 2.24) is 4.31 Å². The van der Waals surface area contributed by atoms with Crippen molar-refractivity contribution in [2.45, 2.75) is 44.6 Å². The maximum atomic E-state index is 13.7. The number of halogens is 1. The van der Waals surface area contributed by atoms with E-state index in [1.54, 1.807) is 11.0 Å². The third-order valence-electron chi connectivity index (χ3n) is 4.95. The first-order valence-electron chi connectivity index (χ1n) is 9.49. The smallest absolute Gasteiger partial charge is 0.245 e. The number of rotatable bonds is 7. The molecular weight excluding hydrogens is 440 g/mol. The minimum absolute atomic E-state index is 0.138. The second-order valence-electron chi connectivity index (χ2n) is 7.01. The van der Waals surface area contributed by atoms with Crippen molar-refractivity contribution in [3.05, 3.63) is 58.1 Å². The summed E-state index contributed by atoms with van der Waals surface area (Å²) in [6.45, 7) is 4.78. The van der Waals surface area contributed by atoms with Crippen LogP contribution in [0.3, 0.4) is 0 Å². The second kappa shape index (κ2) is 8.76. The van der Waals surface area contributed by atoms with E-state index in [1.807, 2.05) is 43.3 Å². The third kappa shape index (κ3) is 4.31. The van der Waals surface area contributed by atoms with Crippen LogP contribution in [-0.4, -0.2) is 31.7 Å². The number of amides is 1. The summed E-state index contributed by atoms with van der Waals surface area (Å²) in [7, 11) is -3.78. The molecule has 0 spiro atoms. The summed E-state index contributed by atoms with van der Waals surface area (Å²) in [5.74, 6) is -0.138. The van der Waals surface area contributed by atoms with Gasteiger partial charge in [0.15, 0.2) is 0 Å². The maximum absolute atomic E-state index is 13.7. The SMILES string of the molecule is CCCCN(Cc1ccccc1)S(=O)(=O)c1cc(Br)cc2c1N(C(C)=O)CC2. The molecule has 0 fully saturated rings. The standard InChI is InChI=1S/C21H25BrN2O3S/c1-3-4-11-23(15-17-8-6-5-7-9-17)28(26,27)20-14-19(22)13-18-10-12-24(16(2)25)21(18)20/h5-9,13-14H,3-4,10-12,15H2,1-2H3. The van der Waals surface area contributed by atoms with Crippen LogP contribution in [0.25, 0.3) is 0 Å². The monoisotopic (exact) mass is 464 g/mol. The summed E-state index contributed by atoms with van der Waals surface area (Å²) < 4.78 is 29.6. The molecule has 0 bridgehead atoms. The molecule has 150 valence electrons. The minimum atomic E-state index is -3.78. The number of unbranched alkanes of at least 4 members (excludes halogenated alkanes) is 1. The molecule has 0 saturated carbocycles. The average molecular weight is 465 g/mol. The van der Waals surface area contributed by atoms with Crippen molar-refractivity contribution >= 4 is 37.5 Å². The van der Waals surface area contributed by atoms with Gasteiger partial charge in [0.25, 0.3) is 0 Å². The number of benzene rings is 2. The molecule has 2 aromatic rings. The molecule has 0 aliphatic carbocycles. The van der Waals surface area contributed by atoms with Crippen LogP contribution in [0, 0.1) is 0 Å². The van der Waals surface area contributed by atoms with Gasteiger partial charge in [-0.15, -0.1) is 0 Å². The van der Waals surface area contributed by atoms with Gasteiger partial charge in [-0.1, -0.05) is 59.6 Å². The van der Waals surface area contributed by atoms with Gasteiger partial charge in [-0.3, -0.25) is 4.79 Å². The fourth-order valence-corrected chi connectivity index (χ4v) is 5.91. The van der Waals surface area contributed by atoms with Crippen molar-refractivity contribution in [3.8, 4) is 0 Å². The zero-order valence-electron chi connectivity index (χ0n) is 16.2. The molecule has 0 saturated heterocycles.